The van der Waals surface area contributed by atoms with Crippen LogP contribution in [0.5, 0.6) is 0 Å². The molecule has 0 saturated heterocycles. The van der Waals surface area contributed by atoms with Crippen LogP contribution in [0.4, 0.5) is 9.18 Å². The van der Waals surface area contributed by atoms with Crippen molar-refractivity contribution in [3.05, 3.63) is 58.2 Å². The standard InChI is InChI=1S/C16H21FN2OS/c1-4-12(2)11-21-13(3)19-16(20)18-10-9-14-5-7-15(17)8-6-14/h5-8,11H,3-4,9-10H2,1-2H3,(H2,18,19,20)/b12-11+. The van der Waals surface area contributed by atoms with Crippen LogP contribution in [0, 0.1) is 5.82 Å². The summed E-state index contributed by atoms with van der Waals surface area (Å²) in [7, 11) is 0. The molecule has 2 N–H and O–H groups in total. The van der Waals surface area contributed by atoms with Gasteiger partial charge in [0.15, 0.2) is 0 Å². The zero-order valence-electron chi connectivity index (χ0n) is 12.4. The summed E-state index contributed by atoms with van der Waals surface area (Å²) in [5, 5.41) is 7.97. The van der Waals surface area contributed by atoms with Gasteiger partial charge in [-0.05, 0) is 42.9 Å². The van der Waals surface area contributed by atoms with E-state index < -0.39 is 0 Å². The number of thioether (sulfide) groups is 1. The smallest absolute Gasteiger partial charge is 0.319 e. The van der Waals surface area contributed by atoms with Crippen LogP contribution in [0.3, 0.4) is 0 Å². The molecule has 0 aromatic heterocycles. The lowest BCUT2D eigenvalue weighted by molar-refractivity contribution is 0.244. The average molecular weight is 308 g/mol. The van der Waals surface area contributed by atoms with E-state index in [2.05, 4.69) is 24.1 Å². The van der Waals surface area contributed by atoms with E-state index in [1.54, 1.807) is 12.1 Å². The highest BCUT2D eigenvalue weighted by atomic mass is 32.2. The highest BCUT2D eigenvalue weighted by Gasteiger charge is 2.02. The Kier molecular flexibility index (Phi) is 7.61. The lowest BCUT2D eigenvalue weighted by Crippen LogP contribution is -2.35. The molecule has 0 bridgehead atoms. The zero-order valence-corrected chi connectivity index (χ0v) is 13.2. The number of hydrogen-bond acceptors (Lipinski definition) is 2. The van der Waals surface area contributed by atoms with Crippen molar-refractivity contribution in [3.63, 3.8) is 0 Å². The first-order valence-electron chi connectivity index (χ1n) is 6.81. The fourth-order valence-electron chi connectivity index (χ4n) is 1.43. The third kappa shape index (κ3) is 7.56. The quantitative estimate of drug-likeness (QED) is 0.793. The van der Waals surface area contributed by atoms with Crippen LogP contribution in [-0.2, 0) is 6.42 Å². The highest BCUT2D eigenvalue weighted by Crippen LogP contribution is 2.15. The molecule has 0 aliphatic carbocycles. The number of carbonyl (C=O) groups is 1. The molecule has 1 rings (SSSR count). The minimum Gasteiger partial charge on any atom is -0.338 e. The highest BCUT2D eigenvalue weighted by molar-refractivity contribution is 8.05. The van der Waals surface area contributed by atoms with Crippen LogP contribution in [0.25, 0.3) is 0 Å². The number of halogens is 1. The molecule has 0 radical (unpaired) electrons. The molecule has 0 spiro atoms. The lowest BCUT2D eigenvalue weighted by atomic mass is 10.1. The summed E-state index contributed by atoms with van der Waals surface area (Å²) >= 11 is 1.40. The normalized spacial score (nSPS) is 11.1. The number of carbonyl (C=O) groups excluding carboxylic acids is 1. The fraction of sp³-hybridized carbons (Fsp3) is 0.312. The topological polar surface area (TPSA) is 41.1 Å². The predicted octanol–water partition coefficient (Wildman–Crippen LogP) is 4.19. The van der Waals surface area contributed by atoms with Crippen LogP contribution in [0.2, 0.25) is 0 Å². The van der Waals surface area contributed by atoms with Crippen LogP contribution < -0.4 is 10.6 Å². The van der Waals surface area contributed by atoms with E-state index in [4.69, 9.17) is 0 Å². The van der Waals surface area contributed by atoms with E-state index >= 15 is 0 Å². The van der Waals surface area contributed by atoms with Gasteiger partial charge in [-0.25, -0.2) is 9.18 Å². The molecule has 114 valence electrons. The van der Waals surface area contributed by atoms with Crippen molar-refractivity contribution in [2.75, 3.05) is 6.54 Å². The second kappa shape index (κ2) is 9.23. The zero-order chi connectivity index (χ0) is 15.7. The summed E-state index contributed by atoms with van der Waals surface area (Å²) < 4.78 is 12.7. The van der Waals surface area contributed by atoms with Gasteiger partial charge in [0.05, 0.1) is 5.03 Å². The molecule has 5 heteroatoms. The number of rotatable bonds is 7. The second-order valence-corrected chi connectivity index (χ2v) is 5.58. The maximum absolute atomic E-state index is 12.7. The summed E-state index contributed by atoms with van der Waals surface area (Å²) in [5.41, 5.74) is 2.21. The van der Waals surface area contributed by atoms with Gasteiger partial charge in [0, 0.05) is 6.54 Å². The summed E-state index contributed by atoms with van der Waals surface area (Å²) in [5.74, 6) is -0.256. The van der Waals surface area contributed by atoms with Crippen molar-refractivity contribution in [2.45, 2.75) is 26.7 Å². The Morgan fingerprint density at radius 1 is 1.38 bits per heavy atom. The molecule has 0 unspecified atom stereocenters. The van der Waals surface area contributed by atoms with Crippen LogP contribution in [-0.4, -0.2) is 12.6 Å². The minimum absolute atomic E-state index is 0.256. The monoisotopic (exact) mass is 308 g/mol. The number of hydrogen-bond donors (Lipinski definition) is 2. The van der Waals surface area contributed by atoms with E-state index in [1.807, 2.05) is 12.3 Å². The molecule has 0 fully saturated rings. The first kappa shape index (κ1) is 17.3. The molecule has 1 aromatic rings. The minimum atomic E-state index is -0.280. The fourth-order valence-corrected chi connectivity index (χ4v) is 2.09. The van der Waals surface area contributed by atoms with Gasteiger partial charge in [-0.3, -0.25) is 0 Å². The first-order chi connectivity index (χ1) is 10.0. The van der Waals surface area contributed by atoms with Gasteiger partial charge in [-0.2, -0.15) is 0 Å². The summed E-state index contributed by atoms with van der Waals surface area (Å²) in [6.07, 6.45) is 1.63. The predicted molar refractivity (Wildman–Crippen MR) is 87.4 cm³/mol. The Labute approximate surface area is 129 Å². The van der Waals surface area contributed by atoms with E-state index in [-0.39, 0.29) is 11.8 Å². The Morgan fingerprint density at radius 3 is 2.67 bits per heavy atom. The lowest BCUT2D eigenvalue weighted by Gasteiger charge is -2.08. The molecule has 0 heterocycles. The summed E-state index contributed by atoms with van der Waals surface area (Å²) in [6.45, 7) is 8.37. The summed E-state index contributed by atoms with van der Waals surface area (Å²) in [6, 6.07) is 5.97. The molecule has 2 amide bonds. The molecular weight excluding hydrogens is 287 g/mol. The summed E-state index contributed by atoms with van der Waals surface area (Å²) in [4.78, 5) is 11.6. The van der Waals surface area contributed by atoms with Crippen LogP contribution in [0.15, 0.2) is 46.9 Å². The molecule has 0 aliphatic heterocycles. The van der Waals surface area contributed by atoms with E-state index in [0.29, 0.717) is 18.0 Å². The van der Waals surface area contributed by atoms with E-state index in [9.17, 15) is 9.18 Å². The van der Waals surface area contributed by atoms with E-state index in [1.165, 1.54) is 29.5 Å². The second-order valence-electron chi connectivity index (χ2n) is 4.62. The van der Waals surface area contributed by atoms with Crippen LogP contribution in [0.1, 0.15) is 25.8 Å². The van der Waals surface area contributed by atoms with Crippen molar-refractivity contribution in [3.8, 4) is 0 Å². The molecule has 21 heavy (non-hydrogen) atoms. The molecule has 3 nitrogen and oxygen atoms in total. The van der Waals surface area contributed by atoms with Crippen molar-refractivity contribution in [1.82, 2.24) is 10.6 Å². The Bertz CT molecular complexity index is 512. The van der Waals surface area contributed by atoms with Gasteiger partial charge in [0.25, 0.3) is 0 Å². The maximum Gasteiger partial charge on any atom is 0.319 e. The number of urea groups is 1. The average Bonchev–Trinajstić information content (AvgIpc) is 2.46. The number of benzene rings is 1. The van der Waals surface area contributed by atoms with Crippen molar-refractivity contribution < 1.29 is 9.18 Å². The molecule has 0 atom stereocenters. The Morgan fingerprint density at radius 2 is 2.05 bits per heavy atom. The SMILES string of the molecule is C=C(NC(=O)NCCc1ccc(F)cc1)S/C=C(\C)CC. The van der Waals surface area contributed by atoms with Crippen molar-refractivity contribution in [2.24, 2.45) is 0 Å². The number of allylic oxidation sites excluding steroid dienone is 1. The maximum atomic E-state index is 12.7. The van der Waals surface area contributed by atoms with Gasteiger partial charge in [-0.15, -0.1) is 0 Å². The Hall–Kier alpha value is -1.75. The molecule has 0 saturated carbocycles. The molecule has 0 aliphatic rings. The third-order valence-electron chi connectivity index (χ3n) is 2.83. The van der Waals surface area contributed by atoms with Crippen LogP contribution >= 0.6 is 11.8 Å². The van der Waals surface area contributed by atoms with Gasteiger partial charge < -0.3 is 10.6 Å². The first-order valence-corrected chi connectivity index (χ1v) is 7.69. The van der Waals surface area contributed by atoms with Gasteiger partial charge >= 0.3 is 6.03 Å². The van der Waals surface area contributed by atoms with Crippen molar-refractivity contribution in [1.29, 1.82) is 0 Å². The third-order valence-corrected chi connectivity index (χ3v) is 3.73. The van der Waals surface area contributed by atoms with E-state index in [0.717, 1.165) is 12.0 Å². The van der Waals surface area contributed by atoms with Gasteiger partial charge in [0.2, 0.25) is 0 Å². The molecule has 1 aromatic carbocycles. The largest absolute Gasteiger partial charge is 0.338 e. The van der Waals surface area contributed by atoms with Gasteiger partial charge in [-0.1, -0.05) is 43.0 Å². The number of nitrogens with one attached hydrogen (secondary N) is 2. The Balaban J connectivity index is 2.24. The number of amides is 2. The van der Waals surface area contributed by atoms with Crippen molar-refractivity contribution >= 4 is 17.8 Å². The van der Waals surface area contributed by atoms with Gasteiger partial charge in [0.1, 0.15) is 5.82 Å². The molecular formula is C16H21FN2OS.